The molecule has 1 rings (SSSR count). The van der Waals surface area contributed by atoms with Gasteiger partial charge in [-0.05, 0) is 25.8 Å². The Morgan fingerprint density at radius 3 is 2.17 bits per heavy atom. The van der Waals surface area contributed by atoms with Crippen molar-refractivity contribution in [2.24, 2.45) is 4.99 Å². The average Bonchev–Trinajstić information content (AvgIpc) is 2.81. The third-order valence-corrected chi connectivity index (χ3v) is 2.26. The highest BCUT2D eigenvalue weighted by molar-refractivity contribution is 5.75. The van der Waals surface area contributed by atoms with E-state index in [0.29, 0.717) is 6.61 Å². The van der Waals surface area contributed by atoms with E-state index in [2.05, 4.69) is 37.9 Å². The molecule has 0 radical (unpaired) electrons. The fraction of sp³-hybridized carbons (Fsp3) is 0.688. The van der Waals surface area contributed by atoms with Gasteiger partial charge >= 0.3 is 0 Å². The Kier molecular flexibility index (Phi) is 13.3. The maximum absolute atomic E-state index is 5.36. The molecule has 0 N–H and O–H groups in total. The van der Waals surface area contributed by atoms with E-state index < -0.39 is 0 Å². The van der Waals surface area contributed by atoms with Crippen LogP contribution in [0.5, 0.6) is 0 Å². The lowest BCUT2D eigenvalue weighted by Crippen LogP contribution is -2.09. The topological polar surface area (TPSA) is 21.6 Å². The summed E-state index contributed by atoms with van der Waals surface area (Å²) in [5, 5.41) is 0. The van der Waals surface area contributed by atoms with Crippen LogP contribution in [0, 0.1) is 0 Å². The molecule has 2 heteroatoms. The van der Waals surface area contributed by atoms with Crippen LogP contribution in [0.1, 0.15) is 61.8 Å². The zero-order valence-electron chi connectivity index (χ0n) is 13.5. The van der Waals surface area contributed by atoms with E-state index >= 15 is 0 Å². The Hall–Kier alpha value is -1.05. The molecule has 1 unspecified atom stereocenters. The van der Waals surface area contributed by atoms with Gasteiger partial charge in [-0.15, -0.1) is 0 Å². The molecule has 2 nitrogen and oxygen atoms in total. The number of hydrogen-bond donors (Lipinski definition) is 0. The smallest absolute Gasteiger partial charge is 0.180 e. The molecule has 0 saturated carbocycles. The van der Waals surface area contributed by atoms with Crippen molar-refractivity contribution in [1.29, 1.82) is 0 Å². The summed E-state index contributed by atoms with van der Waals surface area (Å²) in [6.07, 6.45) is 5.41. The number of aliphatic imine (C=N–C) groups is 1. The van der Waals surface area contributed by atoms with Crippen molar-refractivity contribution in [3.63, 3.8) is 0 Å². The first-order valence-corrected chi connectivity index (χ1v) is 7.16. The zero-order chi connectivity index (χ0) is 14.6. The maximum atomic E-state index is 5.36. The molecule has 1 atom stereocenters. The van der Waals surface area contributed by atoms with Crippen molar-refractivity contribution >= 4 is 5.90 Å². The quantitative estimate of drug-likeness (QED) is 0.637. The number of hydrogen-bond acceptors (Lipinski definition) is 2. The van der Waals surface area contributed by atoms with E-state index in [1.807, 2.05) is 34.6 Å². The van der Waals surface area contributed by atoms with Crippen molar-refractivity contribution in [1.82, 2.24) is 0 Å². The lowest BCUT2D eigenvalue weighted by atomic mass is 10.0. The molecule has 1 aliphatic rings. The number of ether oxygens (including phenoxy) is 1. The largest absolute Gasteiger partial charge is 0.479 e. The summed E-state index contributed by atoms with van der Waals surface area (Å²) in [5.41, 5.74) is 2.62. The highest BCUT2D eigenvalue weighted by atomic mass is 16.5. The lowest BCUT2D eigenvalue weighted by Gasteiger charge is -2.08. The molecule has 0 fully saturated rings. The Morgan fingerprint density at radius 1 is 1.28 bits per heavy atom. The maximum Gasteiger partial charge on any atom is 0.180 e. The summed E-state index contributed by atoms with van der Waals surface area (Å²) in [5.74, 6) is 0.804. The minimum absolute atomic E-state index is 0.211. The van der Waals surface area contributed by atoms with Crippen LogP contribution in [0.3, 0.4) is 0 Å². The molecule has 0 saturated heterocycles. The summed E-state index contributed by atoms with van der Waals surface area (Å²) >= 11 is 0. The van der Waals surface area contributed by atoms with E-state index in [4.69, 9.17) is 4.74 Å². The minimum atomic E-state index is 0.211. The molecule has 0 spiro atoms. The Bertz CT molecular complexity index is 283. The summed E-state index contributed by atoms with van der Waals surface area (Å²) in [6.45, 7) is 17.0. The first-order chi connectivity index (χ1) is 8.65. The SMILES string of the molecule is CC.CC.CC/C=C\C(=C(C)C)C1COC(C)=N1. The van der Waals surface area contributed by atoms with Crippen LogP contribution in [-0.2, 0) is 4.74 Å². The van der Waals surface area contributed by atoms with Crippen LogP contribution in [0.4, 0.5) is 0 Å². The van der Waals surface area contributed by atoms with Gasteiger partial charge in [-0.25, -0.2) is 4.99 Å². The standard InChI is InChI=1S/C12H19NO.2C2H6/c1-5-6-7-11(9(2)3)12-8-14-10(4)13-12;2*1-2/h6-7,12H,5,8H2,1-4H3;2*1-2H3/b7-6-;;. The van der Waals surface area contributed by atoms with Crippen LogP contribution in [-0.4, -0.2) is 18.5 Å². The Labute approximate surface area is 114 Å². The van der Waals surface area contributed by atoms with Gasteiger partial charge in [0.1, 0.15) is 12.6 Å². The van der Waals surface area contributed by atoms with Crippen molar-refractivity contribution in [2.45, 2.75) is 67.9 Å². The molecule has 1 heterocycles. The van der Waals surface area contributed by atoms with Gasteiger partial charge < -0.3 is 4.74 Å². The van der Waals surface area contributed by atoms with Gasteiger partial charge in [-0.3, -0.25) is 0 Å². The molecule has 106 valence electrons. The van der Waals surface area contributed by atoms with E-state index in [1.165, 1.54) is 11.1 Å². The highest BCUT2D eigenvalue weighted by Crippen LogP contribution is 2.18. The van der Waals surface area contributed by atoms with E-state index in [9.17, 15) is 0 Å². The molecule has 0 aromatic rings. The summed E-state index contributed by atoms with van der Waals surface area (Å²) in [7, 11) is 0. The third kappa shape index (κ3) is 7.31. The molecular formula is C16H31NO. The number of nitrogens with zero attached hydrogens (tertiary/aromatic N) is 1. The van der Waals surface area contributed by atoms with Gasteiger partial charge in [-0.1, -0.05) is 52.3 Å². The van der Waals surface area contributed by atoms with Crippen LogP contribution >= 0.6 is 0 Å². The van der Waals surface area contributed by atoms with Gasteiger partial charge in [0.15, 0.2) is 5.90 Å². The lowest BCUT2D eigenvalue weighted by molar-refractivity contribution is 0.326. The van der Waals surface area contributed by atoms with Crippen LogP contribution < -0.4 is 0 Å². The normalized spacial score (nSPS) is 16.9. The van der Waals surface area contributed by atoms with Crippen molar-refractivity contribution in [2.75, 3.05) is 6.61 Å². The monoisotopic (exact) mass is 253 g/mol. The van der Waals surface area contributed by atoms with Crippen LogP contribution in [0.2, 0.25) is 0 Å². The second-order valence-electron chi connectivity index (χ2n) is 3.74. The van der Waals surface area contributed by atoms with E-state index in [-0.39, 0.29) is 6.04 Å². The molecule has 1 aliphatic heterocycles. The van der Waals surface area contributed by atoms with Crippen molar-refractivity contribution in [3.8, 4) is 0 Å². The molecule has 0 aromatic heterocycles. The first kappa shape index (κ1) is 19.3. The molecular weight excluding hydrogens is 222 g/mol. The number of rotatable bonds is 3. The van der Waals surface area contributed by atoms with Crippen molar-refractivity contribution < 1.29 is 4.74 Å². The van der Waals surface area contributed by atoms with Gasteiger partial charge in [0.2, 0.25) is 0 Å². The second-order valence-corrected chi connectivity index (χ2v) is 3.74. The highest BCUT2D eigenvalue weighted by Gasteiger charge is 2.19. The molecule has 0 aliphatic carbocycles. The molecule has 18 heavy (non-hydrogen) atoms. The fourth-order valence-electron chi connectivity index (χ4n) is 1.51. The molecule has 0 aromatic carbocycles. The Morgan fingerprint density at radius 2 is 1.83 bits per heavy atom. The molecule has 0 bridgehead atoms. The van der Waals surface area contributed by atoms with Gasteiger partial charge in [0.25, 0.3) is 0 Å². The minimum Gasteiger partial charge on any atom is -0.479 e. The third-order valence-electron chi connectivity index (χ3n) is 2.26. The van der Waals surface area contributed by atoms with Crippen LogP contribution in [0.15, 0.2) is 28.3 Å². The zero-order valence-corrected chi connectivity index (χ0v) is 13.5. The first-order valence-electron chi connectivity index (χ1n) is 7.16. The predicted molar refractivity (Wildman–Crippen MR) is 83.4 cm³/mol. The van der Waals surface area contributed by atoms with Crippen molar-refractivity contribution in [3.05, 3.63) is 23.3 Å². The second kappa shape index (κ2) is 12.4. The van der Waals surface area contributed by atoms with Gasteiger partial charge in [0.05, 0.1) is 0 Å². The van der Waals surface area contributed by atoms with Crippen LogP contribution in [0.25, 0.3) is 0 Å². The average molecular weight is 253 g/mol. The van der Waals surface area contributed by atoms with Gasteiger partial charge in [-0.2, -0.15) is 0 Å². The van der Waals surface area contributed by atoms with E-state index in [1.54, 1.807) is 0 Å². The summed E-state index contributed by atoms with van der Waals surface area (Å²) in [6, 6.07) is 0.211. The number of allylic oxidation sites excluding steroid dienone is 2. The summed E-state index contributed by atoms with van der Waals surface area (Å²) in [4.78, 5) is 4.45. The Balaban J connectivity index is 0. The molecule has 0 amide bonds. The summed E-state index contributed by atoms with van der Waals surface area (Å²) < 4.78 is 5.36. The van der Waals surface area contributed by atoms with E-state index in [0.717, 1.165) is 12.3 Å². The predicted octanol–water partition coefficient (Wildman–Crippen LogP) is 5.16. The van der Waals surface area contributed by atoms with Gasteiger partial charge in [0, 0.05) is 6.92 Å². The fourth-order valence-corrected chi connectivity index (χ4v) is 1.51.